The maximum absolute atomic E-state index is 12.8. The zero-order valence-corrected chi connectivity index (χ0v) is 14.9. The van der Waals surface area contributed by atoms with Gasteiger partial charge in [0.25, 0.3) is 5.91 Å². The van der Waals surface area contributed by atoms with Crippen molar-refractivity contribution in [2.24, 2.45) is 0 Å². The Morgan fingerprint density at radius 2 is 1.96 bits per heavy atom. The Morgan fingerprint density at radius 3 is 2.82 bits per heavy atom. The van der Waals surface area contributed by atoms with E-state index in [1.54, 1.807) is 29.6 Å². The van der Waals surface area contributed by atoms with Crippen molar-refractivity contribution in [2.45, 2.75) is 25.4 Å². The lowest BCUT2D eigenvalue weighted by Crippen LogP contribution is -2.52. The van der Waals surface area contributed by atoms with Gasteiger partial charge in [0.05, 0.1) is 5.69 Å². The number of hydrogen-bond acceptors (Lipinski definition) is 5. The number of amides is 3. The van der Waals surface area contributed by atoms with Gasteiger partial charge in [-0.2, -0.15) is 0 Å². The lowest BCUT2D eigenvalue weighted by molar-refractivity contribution is -0.136. The molecule has 28 heavy (non-hydrogen) atoms. The number of aromatic nitrogens is 2. The number of imide groups is 1. The van der Waals surface area contributed by atoms with E-state index in [1.165, 1.54) is 0 Å². The molecule has 0 bridgehead atoms. The molecule has 3 amide bonds. The molecule has 2 aromatic heterocycles. The summed E-state index contributed by atoms with van der Waals surface area (Å²) in [4.78, 5) is 46.6. The van der Waals surface area contributed by atoms with E-state index < -0.39 is 11.9 Å². The average molecular weight is 372 g/mol. The third-order valence-corrected chi connectivity index (χ3v) is 5.36. The Hall–Kier alpha value is -3.61. The van der Waals surface area contributed by atoms with E-state index in [4.69, 9.17) is 0 Å². The highest BCUT2D eigenvalue weighted by molar-refractivity contribution is 6.06. The standard InChI is InChI=1S/C21H16N4O3/c26-18-4-3-17(20(27)24-18)25-11-14-9-12(1-2-16(14)21(25)28)19-15-6-7-22-10-13(15)5-8-23-19/h1-2,5-10,17H,3-4,11H2,(H,24,26,27). The van der Waals surface area contributed by atoms with E-state index in [0.717, 1.165) is 27.6 Å². The van der Waals surface area contributed by atoms with E-state index in [-0.39, 0.29) is 18.2 Å². The number of nitrogens with zero attached hydrogens (tertiary/aromatic N) is 3. The van der Waals surface area contributed by atoms with Crippen LogP contribution in [0.1, 0.15) is 28.8 Å². The van der Waals surface area contributed by atoms with E-state index in [1.807, 2.05) is 24.3 Å². The van der Waals surface area contributed by atoms with Crippen LogP contribution >= 0.6 is 0 Å². The summed E-state index contributed by atoms with van der Waals surface area (Å²) in [7, 11) is 0. The summed E-state index contributed by atoms with van der Waals surface area (Å²) in [5, 5.41) is 4.31. The summed E-state index contributed by atoms with van der Waals surface area (Å²) in [5.74, 6) is -0.865. The number of piperidine rings is 1. The number of rotatable bonds is 2. The molecule has 2 aliphatic heterocycles. The number of benzene rings is 1. The van der Waals surface area contributed by atoms with Gasteiger partial charge in [0.1, 0.15) is 6.04 Å². The Kier molecular flexibility index (Phi) is 3.68. The van der Waals surface area contributed by atoms with Gasteiger partial charge in [-0.25, -0.2) is 0 Å². The van der Waals surface area contributed by atoms with Crippen LogP contribution in [0, 0.1) is 0 Å². The minimum absolute atomic E-state index is 0.175. The SMILES string of the molecule is O=C1CCC(N2Cc3cc(-c4nccc5cnccc45)ccc3C2=O)C(=O)N1. The smallest absolute Gasteiger partial charge is 0.255 e. The number of pyridine rings is 2. The van der Waals surface area contributed by atoms with Crippen molar-refractivity contribution in [2.75, 3.05) is 0 Å². The third kappa shape index (κ3) is 2.55. The molecule has 1 aromatic carbocycles. The molecule has 4 heterocycles. The first-order valence-corrected chi connectivity index (χ1v) is 9.08. The van der Waals surface area contributed by atoms with Crippen LogP contribution in [0.2, 0.25) is 0 Å². The van der Waals surface area contributed by atoms with Gasteiger partial charge in [-0.15, -0.1) is 0 Å². The molecule has 0 aliphatic carbocycles. The third-order valence-electron chi connectivity index (χ3n) is 5.36. The topological polar surface area (TPSA) is 92.3 Å². The maximum atomic E-state index is 12.8. The van der Waals surface area contributed by atoms with Crippen LogP contribution in [0.5, 0.6) is 0 Å². The van der Waals surface area contributed by atoms with Gasteiger partial charge < -0.3 is 4.90 Å². The van der Waals surface area contributed by atoms with Crippen LogP contribution in [0.4, 0.5) is 0 Å². The first-order valence-electron chi connectivity index (χ1n) is 9.08. The normalized spacial score (nSPS) is 19.1. The minimum atomic E-state index is -0.609. The van der Waals surface area contributed by atoms with Crippen molar-refractivity contribution in [3.63, 3.8) is 0 Å². The molecule has 1 saturated heterocycles. The molecule has 0 radical (unpaired) electrons. The van der Waals surface area contributed by atoms with E-state index >= 15 is 0 Å². The summed E-state index contributed by atoms with van der Waals surface area (Å²) in [5.41, 5.74) is 3.19. The lowest BCUT2D eigenvalue weighted by atomic mass is 10.0. The fraction of sp³-hybridized carbons (Fsp3) is 0.190. The van der Waals surface area contributed by atoms with Crippen LogP contribution in [-0.4, -0.2) is 38.6 Å². The molecule has 5 rings (SSSR count). The maximum Gasteiger partial charge on any atom is 0.255 e. The van der Waals surface area contributed by atoms with Gasteiger partial charge in [0.2, 0.25) is 11.8 Å². The molecule has 3 aromatic rings. The van der Waals surface area contributed by atoms with Gasteiger partial charge in [0.15, 0.2) is 0 Å². The largest absolute Gasteiger partial charge is 0.322 e. The molecule has 0 spiro atoms. The zero-order valence-electron chi connectivity index (χ0n) is 14.9. The first-order chi connectivity index (χ1) is 13.6. The van der Waals surface area contributed by atoms with Crippen LogP contribution in [0.25, 0.3) is 22.0 Å². The Balaban J connectivity index is 1.51. The van der Waals surface area contributed by atoms with Crippen LogP contribution < -0.4 is 5.32 Å². The van der Waals surface area contributed by atoms with Crippen molar-refractivity contribution in [1.82, 2.24) is 20.2 Å². The summed E-state index contributed by atoms with van der Waals surface area (Å²) in [6.45, 7) is 0.348. The van der Waals surface area contributed by atoms with E-state index in [2.05, 4.69) is 15.3 Å². The Bertz CT molecular complexity index is 1150. The number of carbonyl (C=O) groups is 3. The van der Waals surface area contributed by atoms with Crippen LogP contribution in [-0.2, 0) is 16.1 Å². The second kappa shape index (κ2) is 6.23. The summed E-state index contributed by atoms with van der Waals surface area (Å²) in [6, 6.07) is 8.86. The van der Waals surface area contributed by atoms with Crippen molar-refractivity contribution in [3.8, 4) is 11.3 Å². The molecule has 1 N–H and O–H groups in total. The molecule has 2 aliphatic rings. The van der Waals surface area contributed by atoms with E-state index in [9.17, 15) is 14.4 Å². The quantitative estimate of drug-likeness (QED) is 0.695. The van der Waals surface area contributed by atoms with Gasteiger partial charge in [-0.1, -0.05) is 6.07 Å². The molecular formula is C21H16N4O3. The van der Waals surface area contributed by atoms with Crippen LogP contribution in [0.3, 0.4) is 0 Å². The molecule has 1 atom stereocenters. The molecule has 1 unspecified atom stereocenters. The van der Waals surface area contributed by atoms with Crippen molar-refractivity contribution in [3.05, 3.63) is 60.0 Å². The van der Waals surface area contributed by atoms with Crippen molar-refractivity contribution in [1.29, 1.82) is 0 Å². The van der Waals surface area contributed by atoms with Gasteiger partial charge in [-0.05, 0) is 36.2 Å². The number of nitrogens with one attached hydrogen (secondary N) is 1. The second-order valence-electron chi connectivity index (χ2n) is 7.03. The minimum Gasteiger partial charge on any atom is -0.322 e. The highest BCUT2D eigenvalue weighted by Gasteiger charge is 2.39. The highest BCUT2D eigenvalue weighted by Crippen LogP contribution is 2.32. The zero-order chi connectivity index (χ0) is 19.3. The van der Waals surface area contributed by atoms with Crippen LogP contribution in [0.15, 0.2) is 48.9 Å². The van der Waals surface area contributed by atoms with Crippen molar-refractivity contribution < 1.29 is 14.4 Å². The second-order valence-corrected chi connectivity index (χ2v) is 7.03. The fourth-order valence-corrected chi connectivity index (χ4v) is 3.97. The van der Waals surface area contributed by atoms with Gasteiger partial charge >= 0.3 is 0 Å². The molecule has 7 heteroatoms. The predicted molar refractivity (Wildman–Crippen MR) is 101 cm³/mol. The molecule has 1 fully saturated rings. The highest BCUT2D eigenvalue weighted by atomic mass is 16.2. The van der Waals surface area contributed by atoms with Crippen molar-refractivity contribution >= 4 is 28.5 Å². The number of carbonyl (C=O) groups excluding carboxylic acids is 3. The number of hydrogen-bond donors (Lipinski definition) is 1. The molecule has 0 saturated carbocycles. The molecule has 7 nitrogen and oxygen atoms in total. The summed E-state index contributed by atoms with van der Waals surface area (Å²) >= 11 is 0. The molecule has 138 valence electrons. The summed E-state index contributed by atoms with van der Waals surface area (Å²) in [6.07, 6.45) is 5.87. The summed E-state index contributed by atoms with van der Waals surface area (Å²) < 4.78 is 0. The monoisotopic (exact) mass is 372 g/mol. The van der Waals surface area contributed by atoms with E-state index in [0.29, 0.717) is 18.5 Å². The molecular weight excluding hydrogens is 356 g/mol. The average Bonchev–Trinajstić information content (AvgIpc) is 3.03. The Morgan fingerprint density at radius 1 is 1.07 bits per heavy atom. The van der Waals surface area contributed by atoms with Gasteiger partial charge in [-0.3, -0.25) is 29.7 Å². The van der Waals surface area contributed by atoms with Gasteiger partial charge in [0, 0.05) is 53.5 Å². The lowest BCUT2D eigenvalue weighted by Gasteiger charge is -2.29. The Labute approximate surface area is 160 Å². The first kappa shape index (κ1) is 16.6. The fourth-order valence-electron chi connectivity index (χ4n) is 3.97. The number of fused-ring (bicyclic) bond motifs is 2. The predicted octanol–water partition coefficient (Wildman–Crippen LogP) is 2.06.